The summed E-state index contributed by atoms with van der Waals surface area (Å²) in [6, 6.07) is 8.66. The lowest BCUT2D eigenvalue weighted by Gasteiger charge is -2.22. The third-order valence-electron chi connectivity index (χ3n) is 2.77. The topological polar surface area (TPSA) is 75.6 Å². The number of nitrogens with one attached hydrogen (secondary N) is 1. The molecule has 0 aliphatic heterocycles. The number of hydrogen-bond acceptors (Lipinski definition) is 4. The molecular formula is C16H23NO4. The van der Waals surface area contributed by atoms with Crippen molar-refractivity contribution in [1.82, 2.24) is 5.32 Å². The van der Waals surface area contributed by atoms with Gasteiger partial charge in [0.25, 0.3) is 0 Å². The normalized spacial score (nSPS) is 12.6. The predicted octanol–water partition coefficient (Wildman–Crippen LogP) is 2.07. The van der Waals surface area contributed by atoms with Crippen LogP contribution in [0.15, 0.2) is 30.3 Å². The molecule has 116 valence electrons. The van der Waals surface area contributed by atoms with E-state index in [0.29, 0.717) is 6.42 Å². The first-order valence-corrected chi connectivity index (χ1v) is 6.99. The van der Waals surface area contributed by atoms with Crippen LogP contribution in [0.4, 0.5) is 4.79 Å². The van der Waals surface area contributed by atoms with Gasteiger partial charge in [-0.2, -0.15) is 0 Å². The maximum absolute atomic E-state index is 12.0. The fourth-order valence-corrected chi connectivity index (χ4v) is 1.76. The van der Waals surface area contributed by atoms with Gasteiger partial charge < -0.3 is 15.2 Å². The van der Waals surface area contributed by atoms with Crippen molar-refractivity contribution in [2.45, 2.75) is 45.3 Å². The maximum atomic E-state index is 12.0. The van der Waals surface area contributed by atoms with Crippen molar-refractivity contribution in [3.63, 3.8) is 0 Å². The van der Waals surface area contributed by atoms with Crippen molar-refractivity contribution in [3.8, 4) is 0 Å². The fraction of sp³-hybridized carbons (Fsp3) is 0.500. The van der Waals surface area contributed by atoms with Crippen LogP contribution in [0.1, 0.15) is 32.8 Å². The number of ketones is 1. The molecule has 0 heterocycles. The van der Waals surface area contributed by atoms with E-state index in [1.54, 1.807) is 20.8 Å². The van der Waals surface area contributed by atoms with Crippen LogP contribution in [0.2, 0.25) is 0 Å². The number of amides is 1. The Balaban J connectivity index is 2.48. The molecule has 0 bridgehead atoms. The zero-order chi connectivity index (χ0) is 15.9. The molecule has 1 rings (SSSR count). The van der Waals surface area contributed by atoms with Gasteiger partial charge in [-0.3, -0.25) is 4.79 Å². The Morgan fingerprint density at radius 2 is 1.86 bits per heavy atom. The summed E-state index contributed by atoms with van der Waals surface area (Å²) in [7, 11) is 0. The molecule has 2 N–H and O–H groups in total. The first kappa shape index (κ1) is 17.2. The quantitative estimate of drug-likeness (QED) is 0.842. The largest absolute Gasteiger partial charge is 0.444 e. The van der Waals surface area contributed by atoms with Crippen molar-refractivity contribution in [2.24, 2.45) is 0 Å². The van der Waals surface area contributed by atoms with Gasteiger partial charge in [-0.15, -0.1) is 0 Å². The Morgan fingerprint density at radius 3 is 2.38 bits per heavy atom. The summed E-state index contributed by atoms with van der Waals surface area (Å²) in [5.74, 6) is -0.216. The minimum absolute atomic E-state index is 0.216. The zero-order valence-electron chi connectivity index (χ0n) is 12.8. The summed E-state index contributed by atoms with van der Waals surface area (Å²) in [5, 5.41) is 11.6. The second-order valence-electron chi connectivity index (χ2n) is 5.83. The number of Topliss-reactive ketones (excluding diaryl/α,β-unsaturated/α-hetero) is 1. The SMILES string of the molecule is CC(C)(C)OC(=O)N[C@H](CO)C(=O)CCc1ccccc1. The number of alkyl carbamates (subject to hydrolysis) is 1. The molecule has 0 aliphatic carbocycles. The van der Waals surface area contributed by atoms with Crippen molar-refractivity contribution < 1.29 is 19.4 Å². The predicted molar refractivity (Wildman–Crippen MR) is 80.0 cm³/mol. The third-order valence-corrected chi connectivity index (χ3v) is 2.77. The number of carbonyl (C=O) groups is 2. The molecule has 0 aliphatic rings. The molecule has 1 atom stereocenters. The molecule has 0 spiro atoms. The summed E-state index contributed by atoms with van der Waals surface area (Å²) in [6.45, 7) is 4.76. The number of aryl methyl sites for hydroxylation is 1. The number of rotatable bonds is 6. The van der Waals surface area contributed by atoms with Crippen molar-refractivity contribution >= 4 is 11.9 Å². The van der Waals surface area contributed by atoms with E-state index in [-0.39, 0.29) is 12.2 Å². The number of aliphatic hydroxyl groups excluding tert-OH is 1. The van der Waals surface area contributed by atoms with Gasteiger partial charge in [-0.05, 0) is 32.8 Å². The number of ether oxygens (including phenoxy) is 1. The zero-order valence-corrected chi connectivity index (χ0v) is 12.8. The molecule has 5 heteroatoms. The lowest BCUT2D eigenvalue weighted by molar-refractivity contribution is -0.122. The second-order valence-corrected chi connectivity index (χ2v) is 5.83. The van der Waals surface area contributed by atoms with E-state index >= 15 is 0 Å². The van der Waals surface area contributed by atoms with E-state index in [9.17, 15) is 14.7 Å². The van der Waals surface area contributed by atoms with Crippen LogP contribution in [0.25, 0.3) is 0 Å². The van der Waals surface area contributed by atoms with Gasteiger partial charge in [0, 0.05) is 6.42 Å². The van der Waals surface area contributed by atoms with Crippen molar-refractivity contribution in [1.29, 1.82) is 0 Å². The van der Waals surface area contributed by atoms with E-state index in [4.69, 9.17) is 4.74 Å². The third kappa shape index (κ3) is 6.90. The first-order valence-electron chi connectivity index (χ1n) is 6.99. The summed E-state index contributed by atoms with van der Waals surface area (Å²) in [6.07, 6.45) is 0.131. The monoisotopic (exact) mass is 293 g/mol. The van der Waals surface area contributed by atoms with Crippen LogP contribution in [0, 0.1) is 0 Å². The highest BCUT2D eigenvalue weighted by Crippen LogP contribution is 2.08. The molecule has 1 aromatic carbocycles. The summed E-state index contributed by atoms with van der Waals surface area (Å²) in [4.78, 5) is 23.6. The molecule has 0 radical (unpaired) electrons. The van der Waals surface area contributed by atoms with E-state index in [1.807, 2.05) is 30.3 Å². The van der Waals surface area contributed by atoms with Crippen LogP contribution < -0.4 is 5.32 Å². The highest BCUT2D eigenvalue weighted by Gasteiger charge is 2.23. The molecule has 21 heavy (non-hydrogen) atoms. The number of aliphatic hydroxyl groups is 1. The number of carbonyl (C=O) groups excluding carboxylic acids is 2. The van der Waals surface area contributed by atoms with Crippen LogP contribution in [-0.2, 0) is 16.0 Å². The highest BCUT2D eigenvalue weighted by atomic mass is 16.6. The van der Waals surface area contributed by atoms with Crippen molar-refractivity contribution in [2.75, 3.05) is 6.61 Å². The van der Waals surface area contributed by atoms with Crippen LogP contribution in [0.3, 0.4) is 0 Å². The van der Waals surface area contributed by atoms with Gasteiger partial charge in [0.05, 0.1) is 6.61 Å². The lowest BCUT2D eigenvalue weighted by atomic mass is 10.0. The van der Waals surface area contributed by atoms with Gasteiger partial charge in [0.2, 0.25) is 0 Å². The molecule has 0 saturated heterocycles. The smallest absolute Gasteiger partial charge is 0.408 e. The van der Waals surface area contributed by atoms with Crippen LogP contribution in [0.5, 0.6) is 0 Å². The minimum Gasteiger partial charge on any atom is -0.444 e. The highest BCUT2D eigenvalue weighted by molar-refractivity contribution is 5.87. The molecule has 1 aromatic rings. The van der Waals surface area contributed by atoms with Crippen LogP contribution >= 0.6 is 0 Å². The van der Waals surface area contributed by atoms with E-state index < -0.39 is 24.3 Å². The Kier molecular flexibility index (Phi) is 6.37. The Labute approximate surface area is 125 Å². The average molecular weight is 293 g/mol. The second kappa shape index (κ2) is 7.78. The van der Waals surface area contributed by atoms with Gasteiger partial charge in [0.15, 0.2) is 5.78 Å². The molecule has 5 nitrogen and oxygen atoms in total. The fourth-order valence-electron chi connectivity index (χ4n) is 1.76. The lowest BCUT2D eigenvalue weighted by Crippen LogP contribution is -2.45. The Bertz CT molecular complexity index is 465. The Morgan fingerprint density at radius 1 is 1.24 bits per heavy atom. The molecule has 0 fully saturated rings. The van der Waals surface area contributed by atoms with Gasteiger partial charge in [-0.1, -0.05) is 30.3 Å². The van der Waals surface area contributed by atoms with Crippen molar-refractivity contribution in [3.05, 3.63) is 35.9 Å². The summed E-state index contributed by atoms with van der Waals surface area (Å²) < 4.78 is 5.07. The molecule has 1 amide bonds. The van der Waals surface area contributed by atoms with Gasteiger partial charge in [0.1, 0.15) is 11.6 Å². The molecule has 0 unspecified atom stereocenters. The molecular weight excluding hydrogens is 270 g/mol. The van der Waals surface area contributed by atoms with Crippen LogP contribution in [-0.4, -0.2) is 35.2 Å². The summed E-state index contributed by atoms with van der Waals surface area (Å²) >= 11 is 0. The first-order chi connectivity index (χ1) is 9.81. The van der Waals surface area contributed by atoms with E-state index in [2.05, 4.69) is 5.32 Å². The molecule has 0 saturated carbocycles. The van der Waals surface area contributed by atoms with E-state index in [0.717, 1.165) is 5.56 Å². The van der Waals surface area contributed by atoms with Gasteiger partial charge >= 0.3 is 6.09 Å². The standard InChI is InChI=1S/C16H23NO4/c1-16(2,3)21-15(20)17-13(11-18)14(19)10-9-12-7-5-4-6-8-12/h4-8,13,18H,9-11H2,1-3H3,(H,17,20)/t13-/m1/s1. The molecule has 0 aromatic heterocycles. The van der Waals surface area contributed by atoms with E-state index in [1.165, 1.54) is 0 Å². The minimum atomic E-state index is -0.927. The van der Waals surface area contributed by atoms with Gasteiger partial charge in [-0.25, -0.2) is 4.79 Å². The maximum Gasteiger partial charge on any atom is 0.408 e. The summed E-state index contributed by atoms with van der Waals surface area (Å²) in [5.41, 5.74) is 0.400. The Hall–Kier alpha value is -1.88. The number of hydrogen-bond donors (Lipinski definition) is 2. The number of benzene rings is 1. The average Bonchev–Trinajstić information content (AvgIpc) is 2.41.